The maximum absolute atomic E-state index is 12.3. The van der Waals surface area contributed by atoms with Gasteiger partial charge in [-0.15, -0.1) is 0 Å². The van der Waals surface area contributed by atoms with Gasteiger partial charge in [0, 0.05) is 13.1 Å². The number of aromatic nitrogens is 4. The molecule has 3 aromatic rings. The first kappa shape index (κ1) is 14.7. The first-order valence-corrected chi connectivity index (χ1v) is 6.80. The first-order valence-electron chi connectivity index (χ1n) is 6.80. The van der Waals surface area contributed by atoms with Crippen molar-refractivity contribution >= 4 is 16.7 Å². The third-order valence-electron chi connectivity index (χ3n) is 3.35. The van der Waals surface area contributed by atoms with Crippen LogP contribution in [0.4, 0.5) is 5.69 Å². The molecule has 1 aromatic carbocycles. The van der Waals surface area contributed by atoms with Crippen LogP contribution in [0.25, 0.3) is 11.0 Å². The Morgan fingerprint density at radius 3 is 3.00 bits per heavy atom. The van der Waals surface area contributed by atoms with Crippen molar-refractivity contribution in [3.8, 4) is 5.75 Å². The fourth-order valence-electron chi connectivity index (χ4n) is 2.17. The molecule has 0 saturated carbocycles. The SMILES string of the molecule is Cn1ncc2c(=O)n(CCOc3cccc([N+](=O)[O-])c3)cnc21. The number of ether oxygens (including phenoxy) is 1. The van der Waals surface area contributed by atoms with E-state index in [4.69, 9.17) is 4.74 Å². The highest BCUT2D eigenvalue weighted by atomic mass is 16.6. The van der Waals surface area contributed by atoms with Gasteiger partial charge in [0.2, 0.25) is 0 Å². The highest BCUT2D eigenvalue weighted by molar-refractivity contribution is 5.72. The molecule has 0 aliphatic carbocycles. The molecule has 9 heteroatoms. The van der Waals surface area contributed by atoms with Gasteiger partial charge in [0.25, 0.3) is 11.2 Å². The van der Waals surface area contributed by atoms with Crippen LogP contribution in [0.15, 0.2) is 41.6 Å². The molecule has 0 amide bonds. The van der Waals surface area contributed by atoms with Gasteiger partial charge in [-0.1, -0.05) is 6.07 Å². The van der Waals surface area contributed by atoms with E-state index >= 15 is 0 Å². The summed E-state index contributed by atoms with van der Waals surface area (Å²) in [6.45, 7) is 0.466. The smallest absolute Gasteiger partial charge is 0.273 e. The van der Waals surface area contributed by atoms with Crippen molar-refractivity contribution in [1.82, 2.24) is 19.3 Å². The molecule has 0 aliphatic heterocycles. The summed E-state index contributed by atoms with van der Waals surface area (Å²) in [6.07, 6.45) is 2.91. The van der Waals surface area contributed by atoms with Gasteiger partial charge in [0.1, 0.15) is 24.1 Å². The molecule has 0 bridgehead atoms. The summed E-state index contributed by atoms with van der Waals surface area (Å²) < 4.78 is 8.41. The van der Waals surface area contributed by atoms with Gasteiger partial charge in [0.05, 0.1) is 23.7 Å². The molecule has 0 atom stereocenters. The van der Waals surface area contributed by atoms with E-state index < -0.39 is 4.92 Å². The largest absolute Gasteiger partial charge is 0.491 e. The van der Waals surface area contributed by atoms with Crippen molar-refractivity contribution in [2.45, 2.75) is 6.54 Å². The summed E-state index contributed by atoms with van der Waals surface area (Å²) in [7, 11) is 1.71. The van der Waals surface area contributed by atoms with Crippen LogP contribution in [0.1, 0.15) is 0 Å². The molecule has 118 valence electrons. The highest BCUT2D eigenvalue weighted by Gasteiger charge is 2.09. The third kappa shape index (κ3) is 2.89. The van der Waals surface area contributed by atoms with Crippen LogP contribution in [0.2, 0.25) is 0 Å². The van der Waals surface area contributed by atoms with Crippen molar-refractivity contribution in [3.05, 3.63) is 57.3 Å². The van der Waals surface area contributed by atoms with Gasteiger partial charge < -0.3 is 4.74 Å². The maximum atomic E-state index is 12.3. The molecule has 0 radical (unpaired) electrons. The summed E-state index contributed by atoms with van der Waals surface area (Å²) in [5.74, 6) is 0.377. The fourth-order valence-corrected chi connectivity index (χ4v) is 2.17. The lowest BCUT2D eigenvalue weighted by molar-refractivity contribution is -0.384. The van der Waals surface area contributed by atoms with Crippen LogP contribution in [0.3, 0.4) is 0 Å². The number of nitro groups is 1. The van der Waals surface area contributed by atoms with Crippen LogP contribution in [-0.2, 0) is 13.6 Å². The number of fused-ring (bicyclic) bond motifs is 1. The van der Waals surface area contributed by atoms with Crippen molar-refractivity contribution in [1.29, 1.82) is 0 Å². The molecule has 0 aliphatic rings. The van der Waals surface area contributed by atoms with Crippen molar-refractivity contribution in [3.63, 3.8) is 0 Å². The second-order valence-electron chi connectivity index (χ2n) is 4.85. The Hall–Kier alpha value is -3.23. The number of hydrogen-bond acceptors (Lipinski definition) is 6. The summed E-state index contributed by atoms with van der Waals surface area (Å²) in [5, 5.41) is 15.1. The second-order valence-corrected chi connectivity index (χ2v) is 4.85. The van der Waals surface area contributed by atoms with Crippen LogP contribution in [-0.4, -0.2) is 30.9 Å². The summed E-state index contributed by atoms with van der Waals surface area (Å²) in [5.41, 5.74) is 0.273. The van der Waals surface area contributed by atoms with E-state index in [1.54, 1.807) is 19.2 Å². The average molecular weight is 315 g/mol. The number of nitrogens with zero attached hydrogens (tertiary/aromatic N) is 5. The minimum absolute atomic E-state index is 0.0434. The molecule has 0 unspecified atom stereocenters. The van der Waals surface area contributed by atoms with Crippen LogP contribution in [0.5, 0.6) is 5.75 Å². The molecule has 0 N–H and O–H groups in total. The van der Waals surface area contributed by atoms with E-state index in [1.165, 1.54) is 33.9 Å². The number of aryl methyl sites for hydroxylation is 1. The molecular weight excluding hydrogens is 302 g/mol. The van der Waals surface area contributed by atoms with Gasteiger partial charge in [-0.05, 0) is 6.07 Å². The highest BCUT2D eigenvalue weighted by Crippen LogP contribution is 2.18. The summed E-state index contributed by atoms with van der Waals surface area (Å²) in [6, 6.07) is 5.89. The van der Waals surface area contributed by atoms with Gasteiger partial charge in [0.15, 0.2) is 5.65 Å². The second kappa shape index (κ2) is 5.87. The van der Waals surface area contributed by atoms with Crippen LogP contribution in [0, 0.1) is 10.1 Å². The van der Waals surface area contributed by atoms with E-state index in [0.29, 0.717) is 16.8 Å². The quantitative estimate of drug-likeness (QED) is 0.516. The Kier molecular flexibility index (Phi) is 3.75. The Labute approximate surface area is 129 Å². The van der Waals surface area contributed by atoms with Gasteiger partial charge in [-0.25, -0.2) is 4.98 Å². The minimum Gasteiger partial charge on any atom is -0.491 e. The molecule has 2 heterocycles. The van der Waals surface area contributed by atoms with Gasteiger partial charge >= 0.3 is 0 Å². The Bertz CT molecular complexity index is 930. The third-order valence-corrected chi connectivity index (χ3v) is 3.35. The Morgan fingerprint density at radius 2 is 2.22 bits per heavy atom. The molecule has 0 saturated heterocycles. The topological polar surface area (TPSA) is 105 Å². The summed E-state index contributed by atoms with van der Waals surface area (Å²) >= 11 is 0. The number of rotatable bonds is 5. The zero-order valence-corrected chi connectivity index (χ0v) is 12.2. The molecular formula is C14H13N5O4. The lowest BCUT2D eigenvalue weighted by Gasteiger charge is -2.08. The van der Waals surface area contributed by atoms with E-state index in [9.17, 15) is 14.9 Å². The zero-order chi connectivity index (χ0) is 16.4. The van der Waals surface area contributed by atoms with E-state index in [1.807, 2.05) is 0 Å². The molecule has 3 rings (SSSR count). The standard InChI is InChI=1S/C14H13N5O4/c1-17-13-12(8-16-17)14(20)18(9-15-13)5-6-23-11-4-2-3-10(7-11)19(21)22/h2-4,7-9H,5-6H2,1H3. The van der Waals surface area contributed by atoms with E-state index in [-0.39, 0.29) is 24.4 Å². The maximum Gasteiger partial charge on any atom is 0.273 e. The predicted octanol–water partition coefficient (Wildman–Crippen LogP) is 1.12. The molecule has 0 spiro atoms. The van der Waals surface area contributed by atoms with Gasteiger partial charge in [-0.3, -0.25) is 24.2 Å². The van der Waals surface area contributed by atoms with Crippen molar-refractivity contribution in [2.75, 3.05) is 6.61 Å². The number of hydrogen-bond donors (Lipinski definition) is 0. The predicted molar refractivity (Wildman–Crippen MR) is 81.4 cm³/mol. The van der Waals surface area contributed by atoms with Crippen molar-refractivity contribution in [2.24, 2.45) is 7.05 Å². The Balaban J connectivity index is 1.72. The molecule has 23 heavy (non-hydrogen) atoms. The Morgan fingerprint density at radius 1 is 1.39 bits per heavy atom. The number of benzene rings is 1. The molecule has 0 fully saturated rings. The minimum atomic E-state index is -0.488. The lowest BCUT2D eigenvalue weighted by Crippen LogP contribution is -2.23. The number of non-ortho nitro benzene ring substituents is 1. The normalized spacial score (nSPS) is 10.8. The van der Waals surface area contributed by atoms with E-state index in [0.717, 1.165) is 0 Å². The van der Waals surface area contributed by atoms with Crippen LogP contribution >= 0.6 is 0 Å². The molecule has 2 aromatic heterocycles. The monoisotopic (exact) mass is 315 g/mol. The van der Waals surface area contributed by atoms with Crippen LogP contribution < -0.4 is 10.3 Å². The average Bonchev–Trinajstić information content (AvgIpc) is 2.92. The van der Waals surface area contributed by atoms with Gasteiger partial charge in [-0.2, -0.15) is 5.10 Å². The number of nitro benzene ring substituents is 1. The zero-order valence-electron chi connectivity index (χ0n) is 12.2. The fraction of sp³-hybridized carbons (Fsp3) is 0.214. The molecule has 9 nitrogen and oxygen atoms in total. The lowest BCUT2D eigenvalue weighted by atomic mass is 10.3. The van der Waals surface area contributed by atoms with Crippen molar-refractivity contribution < 1.29 is 9.66 Å². The first-order chi connectivity index (χ1) is 11.1. The van der Waals surface area contributed by atoms with E-state index in [2.05, 4.69) is 10.1 Å². The summed E-state index contributed by atoms with van der Waals surface area (Å²) in [4.78, 5) is 26.7.